The van der Waals surface area contributed by atoms with Gasteiger partial charge in [0.05, 0.1) is 39.1 Å². The normalized spacial score (nSPS) is 12.0. The molecule has 0 aliphatic carbocycles. The molecule has 55 heavy (non-hydrogen) atoms. The second-order valence-corrected chi connectivity index (χ2v) is 15.8. The van der Waals surface area contributed by atoms with Crippen LogP contribution in [0.25, 0.3) is 60.8 Å². The van der Waals surface area contributed by atoms with Crippen LogP contribution in [0.1, 0.15) is 70.1 Å². The molecule has 0 radical (unpaired) electrons. The van der Waals surface area contributed by atoms with E-state index in [1.807, 2.05) is 17.8 Å². The Kier molecular flexibility index (Phi) is 8.01. The fourth-order valence-corrected chi connectivity index (χ4v) is 8.81. The highest BCUT2D eigenvalue weighted by Crippen LogP contribution is 2.42. The SMILES string of the molecule is Cc1cc(C)n(-c2cc(Oc3ccc4c5ccccc5n(-c5ncc(C)c(-n6c7c(C)ccc(C)c7c7c(C)ccc(C)c76)c5C)c4c3)cc(C(C)C)c2)n1. The Bertz CT molecular complexity index is 2960. The van der Waals surface area contributed by atoms with Crippen molar-refractivity contribution in [1.29, 1.82) is 0 Å². The predicted molar refractivity (Wildman–Crippen MR) is 229 cm³/mol. The van der Waals surface area contributed by atoms with Crippen molar-refractivity contribution in [2.75, 3.05) is 0 Å². The summed E-state index contributed by atoms with van der Waals surface area (Å²) in [6.07, 6.45) is 2.05. The number of para-hydroxylation sites is 1. The molecule has 0 saturated heterocycles. The maximum absolute atomic E-state index is 6.77. The number of hydrogen-bond acceptors (Lipinski definition) is 3. The van der Waals surface area contributed by atoms with Gasteiger partial charge in [0.2, 0.25) is 0 Å². The minimum Gasteiger partial charge on any atom is -0.457 e. The summed E-state index contributed by atoms with van der Waals surface area (Å²) in [5.41, 5.74) is 17.5. The fourth-order valence-electron chi connectivity index (χ4n) is 8.81. The Morgan fingerprint density at radius 1 is 0.582 bits per heavy atom. The minimum atomic E-state index is 0.323. The molecule has 0 bridgehead atoms. The van der Waals surface area contributed by atoms with Crippen LogP contribution in [0, 0.1) is 55.4 Å². The van der Waals surface area contributed by atoms with Crippen molar-refractivity contribution in [2.45, 2.75) is 75.2 Å². The molecular formula is C49H47N5O. The molecule has 0 spiro atoms. The molecule has 0 unspecified atom stereocenters. The maximum Gasteiger partial charge on any atom is 0.142 e. The molecule has 0 atom stereocenters. The first-order valence-corrected chi connectivity index (χ1v) is 19.3. The smallest absolute Gasteiger partial charge is 0.142 e. The summed E-state index contributed by atoms with van der Waals surface area (Å²) < 4.78 is 13.6. The summed E-state index contributed by atoms with van der Waals surface area (Å²) in [6, 6.07) is 32.7. The molecule has 0 amide bonds. The molecule has 0 aliphatic heterocycles. The monoisotopic (exact) mass is 721 g/mol. The van der Waals surface area contributed by atoms with Crippen molar-refractivity contribution < 1.29 is 4.74 Å². The molecule has 0 fully saturated rings. The summed E-state index contributed by atoms with van der Waals surface area (Å²) in [6.45, 7) is 21.9. The standard InChI is InChI=1S/C49H47N5O/c1-27(2)36-22-37(54-34(9)21-33(8)51-54)24-39(23-36)55-38-19-20-41-40-13-11-12-14-42(40)52(43(41)25-38)49-35(10)46(32(7)26-50-49)53-47-30(5)17-15-28(3)44(47)45-29(4)16-18-31(6)48(45)53/h11-27H,1-10H3. The predicted octanol–water partition coefficient (Wildman–Crippen LogP) is 12.8. The second-order valence-electron chi connectivity index (χ2n) is 15.8. The van der Waals surface area contributed by atoms with Gasteiger partial charge in [-0.2, -0.15) is 5.10 Å². The van der Waals surface area contributed by atoms with E-state index in [1.165, 1.54) is 60.7 Å². The average molecular weight is 722 g/mol. The highest BCUT2D eigenvalue weighted by Gasteiger charge is 2.24. The number of benzene rings is 5. The molecule has 4 heterocycles. The van der Waals surface area contributed by atoms with E-state index in [4.69, 9.17) is 14.8 Å². The summed E-state index contributed by atoms with van der Waals surface area (Å²) in [7, 11) is 0. The fraction of sp³-hybridized carbons (Fsp3) is 0.224. The Morgan fingerprint density at radius 2 is 1.24 bits per heavy atom. The van der Waals surface area contributed by atoms with E-state index in [1.54, 1.807) is 0 Å². The van der Waals surface area contributed by atoms with Gasteiger partial charge < -0.3 is 9.30 Å². The van der Waals surface area contributed by atoms with Crippen molar-refractivity contribution >= 4 is 43.6 Å². The van der Waals surface area contributed by atoms with E-state index >= 15 is 0 Å². The Labute approximate surface area is 322 Å². The van der Waals surface area contributed by atoms with Crippen LogP contribution in [0.5, 0.6) is 11.5 Å². The van der Waals surface area contributed by atoms with Crippen LogP contribution < -0.4 is 4.74 Å². The quantitative estimate of drug-likeness (QED) is 0.172. The van der Waals surface area contributed by atoms with Crippen molar-refractivity contribution in [3.05, 3.63) is 148 Å². The number of aryl methyl sites for hydroxylation is 7. The highest BCUT2D eigenvalue weighted by atomic mass is 16.5. The zero-order valence-corrected chi connectivity index (χ0v) is 33.5. The topological polar surface area (TPSA) is 49.8 Å². The van der Waals surface area contributed by atoms with Crippen LogP contribution >= 0.6 is 0 Å². The summed E-state index contributed by atoms with van der Waals surface area (Å²) in [5.74, 6) is 2.78. The van der Waals surface area contributed by atoms with E-state index in [2.05, 4.69) is 162 Å². The number of nitrogens with zero attached hydrogens (tertiary/aromatic N) is 5. The van der Waals surface area contributed by atoms with Gasteiger partial charge in [-0.05, 0) is 131 Å². The lowest BCUT2D eigenvalue weighted by Crippen LogP contribution is -2.08. The number of ether oxygens (including phenoxy) is 1. The van der Waals surface area contributed by atoms with E-state index < -0.39 is 0 Å². The van der Waals surface area contributed by atoms with E-state index in [0.717, 1.165) is 61.9 Å². The zero-order valence-electron chi connectivity index (χ0n) is 33.5. The molecular weight excluding hydrogens is 675 g/mol. The first-order chi connectivity index (χ1) is 26.4. The summed E-state index contributed by atoms with van der Waals surface area (Å²) in [4.78, 5) is 5.23. The van der Waals surface area contributed by atoms with Gasteiger partial charge in [0, 0.05) is 51.1 Å². The van der Waals surface area contributed by atoms with Gasteiger partial charge in [-0.3, -0.25) is 4.57 Å². The van der Waals surface area contributed by atoms with Crippen LogP contribution in [-0.4, -0.2) is 23.9 Å². The molecule has 4 aromatic heterocycles. The number of aromatic nitrogens is 5. The van der Waals surface area contributed by atoms with Gasteiger partial charge in [0.15, 0.2) is 0 Å². The van der Waals surface area contributed by atoms with E-state index in [0.29, 0.717) is 5.92 Å². The van der Waals surface area contributed by atoms with Crippen LogP contribution in [0.2, 0.25) is 0 Å². The number of fused-ring (bicyclic) bond motifs is 6. The molecule has 0 saturated carbocycles. The maximum atomic E-state index is 6.77. The molecule has 6 nitrogen and oxygen atoms in total. The molecule has 6 heteroatoms. The van der Waals surface area contributed by atoms with Gasteiger partial charge in [-0.15, -0.1) is 0 Å². The van der Waals surface area contributed by atoms with Crippen molar-refractivity contribution in [1.82, 2.24) is 23.9 Å². The molecule has 274 valence electrons. The van der Waals surface area contributed by atoms with Crippen molar-refractivity contribution in [3.8, 4) is 28.7 Å². The lowest BCUT2D eigenvalue weighted by atomic mass is 10.0. The lowest BCUT2D eigenvalue weighted by Gasteiger charge is -2.20. The number of rotatable bonds is 6. The van der Waals surface area contributed by atoms with Gasteiger partial charge in [-0.1, -0.05) is 56.3 Å². The third-order valence-corrected chi connectivity index (χ3v) is 11.5. The molecule has 0 N–H and O–H groups in total. The van der Waals surface area contributed by atoms with Gasteiger partial charge in [0.25, 0.3) is 0 Å². The Hall–Kier alpha value is -6.14. The third kappa shape index (κ3) is 5.37. The average Bonchev–Trinajstić information content (AvgIpc) is 3.81. The zero-order chi connectivity index (χ0) is 38.4. The molecule has 9 aromatic rings. The van der Waals surface area contributed by atoms with E-state index in [9.17, 15) is 0 Å². The Morgan fingerprint density at radius 3 is 1.89 bits per heavy atom. The first kappa shape index (κ1) is 34.6. The lowest BCUT2D eigenvalue weighted by molar-refractivity contribution is 0.481. The molecule has 5 aromatic carbocycles. The van der Waals surface area contributed by atoms with Crippen molar-refractivity contribution in [3.63, 3.8) is 0 Å². The van der Waals surface area contributed by atoms with Crippen LogP contribution in [-0.2, 0) is 0 Å². The summed E-state index contributed by atoms with van der Waals surface area (Å²) >= 11 is 0. The second kappa shape index (κ2) is 12.7. The minimum absolute atomic E-state index is 0.323. The third-order valence-electron chi connectivity index (χ3n) is 11.5. The van der Waals surface area contributed by atoms with Crippen LogP contribution in [0.15, 0.2) is 97.2 Å². The largest absolute Gasteiger partial charge is 0.457 e. The number of pyridine rings is 1. The van der Waals surface area contributed by atoms with Crippen LogP contribution in [0.3, 0.4) is 0 Å². The van der Waals surface area contributed by atoms with Crippen molar-refractivity contribution in [2.24, 2.45) is 0 Å². The Balaban J connectivity index is 1.27. The van der Waals surface area contributed by atoms with Gasteiger partial charge in [-0.25, -0.2) is 9.67 Å². The summed E-state index contributed by atoms with van der Waals surface area (Å²) in [5, 5.41) is 9.77. The van der Waals surface area contributed by atoms with Crippen LogP contribution in [0.4, 0.5) is 0 Å². The molecule has 0 aliphatic rings. The number of hydrogen-bond donors (Lipinski definition) is 0. The van der Waals surface area contributed by atoms with Gasteiger partial charge in [0.1, 0.15) is 17.3 Å². The van der Waals surface area contributed by atoms with E-state index in [-0.39, 0.29) is 0 Å². The highest BCUT2D eigenvalue weighted by molar-refractivity contribution is 6.14. The molecule has 9 rings (SSSR count). The first-order valence-electron chi connectivity index (χ1n) is 19.3. The van der Waals surface area contributed by atoms with Gasteiger partial charge >= 0.3 is 0 Å².